The number of hydrogen-bond donors (Lipinski definition) is 5. The molecule has 1 saturated heterocycles. The molecule has 2 rings (SSSR count). The second-order valence-electron chi connectivity index (χ2n) is 3.39. The molecule has 1 aromatic heterocycles. The maximum absolute atomic E-state index is 9.55. The molecule has 7 nitrogen and oxygen atoms in total. The van der Waals surface area contributed by atoms with Crippen LogP contribution >= 0.6 is 0 Å². The minimum absolute atomic E-state index is 0.558. The molecule has 2 heterocycles. The Bertz CT molecular complexity index is 314. The van der Waals surface area contributed by atoms with Crippen molar-refractivity contribution in [1.29, 1.82) is 0 Å². The first kappa shape index (κ1) is 16.9. The quantitative estimate of drug-likeness (QED) is 0.479. The van der Waals surface area contributed by atoms with Crippen LogP contribution in [0.4, 0.5) is 0 Å². The normalized spacial score (nSPS) is 13.7. The van der Waals surface area contributed by atoms with Crippen molar-refractivity contribution in [2.24, 2.45) is 0 Å². The number of carboxylic acid groups (broad SMARTS) is 2. The second-order valence-corrected chi connectivity index (χ2v) is 3.39. The predicted octanol–water partition coefficient (Wildman–Crippen LogP) is -0.0943. The number of aromatic nitrogens is 1. The summed E-state index contributed by atoms with van der Waals surface area (Å²) in [5.41, 5.74) is 0. The van der Waals surface area contributed by atoms with Gasteiger partial charge in [-0.05, 0) is 12.1 Å². The minimum Gasteiger partial charge on any atom is -0.478 e. The summed E-state index contributed by atoms with van der Waals surface area (Å²) in [5, 5.41) is 22.1. The lowest BCUT2D eigenvalue weighted by Gasteiger charge is -2.11. The van der Waals surface area contributed by atoms with Crippen LogP contribution in [0.2, 0.25) is 0 Å². The predicted molar refractivity (Wildman–Crippen MR) is 70.9 cm³/mol. The van der Waals surface area contributed by atoms with E-state index in [1.807, 2.05) is 24.5 Å². The highest BCUT2D eigenvalue weighted by molar-refractivity contribution is 5.89. The van der Waals surface area contributed by atoms with Crippen molar-refractivity contribution in [1.82, 2.24) is 15.6 Å². The number of aromatic amines is 1. The van der Waals surface area contributed by atoms with Gasteiger partial charge in [0, 0.05) is 50.7 Å². The molecule has 0 bridgehead atoms. The summed E-state index contributed by atoms with van der Waals surface area (Å²) in [5.74, 6) is -2.51. The summed E-state index contributed by atoms with van der Waals surface area (Å²) in [7, 11) is 0. The van der Waals surface area contributed by atoms with E-state index in [-0.39, 0.29) is 0 Å². The molecule has 5 N–H and O–H groups in total. The van der Waals surface area contributed by atoms with Crippen molar-refractivity contribution < 1.29 is 19.8 Å². The third-order valence-corrected chi connectivity index (χ3v) is 1.82. The highest BCUT2D eigenvalue weighted by Crippen LogP contribution is 1.72. The molecule has 19 heavy (non-hydrogen) atoms. The molecular formula is C12H19N3O4. The molecule has 7 heteroatoms. The summed E-state index contributed by atoms with van der Waals surface area (Å²) in [6.07, 6.45) is 4.87. The largest absolute Gasteiger partial charge is 0.478 e. The lowest BCUT2D eigenvalue weighted by atomic mass is 10.4. The number of rotatable bonds is 2. The second kappa shape index (κ2) is 12.3. The molecule has 0 unspecified atom stereocenters. The van der Waals surface area contributed by atoms with Crippen LogP contribution in [0.25, 0.3) is 0 Å². The first-order valence-corrected chi connectivity index (χ1v) is 5.76. The Balaban J connectivity index is 0.000000262. The van der Waals surface area contributed by atoms with Crippen LogP contribution in [0.5, 0.6) is 0 Å². The zero-order chi connectivity index (χ0) is 14.3. The maximum Gasteiger partial charge on any atom is 0.328 e. The molecule has 0 amide bonds. The van der Waals surface area contributed by atoms with Crippen molar-refractivity contribution in [2.75, 3.05) is 26.2 Å². The minimum atomic E-state index is -1.26. The number of nitrogens with one attached hydrogen (secondary N) is 3. The zero-order valence-corrected chi connectivity index (χ0v) is 10.5. The SMILES string of the molecule is C1CNCCN1.O=C(O)/C=C\C(=O)O.c1cc[nH]c1. The van der Waals surface area contributed by atoms with Crippen molar-refractivity contribution in [3.05, 3.63) is 36.7 Å². The van der Waals surface area contributed by atoms with Crippen molar-refractivity contribution in [2.45, 2.75) is 0 Å². The van der Waals surface area contributed by atoms with Gasteiger partial charge in [0.05, 0.1) is 0 Å². The number of piperazine rings is 1. The van der Waals surface area contributed by atoms with E-state index in [0.29, 0.717) is 12.2 Å². The summed E-state index contributed by atoms with van der Waals surface area (Å²) in [4.78, 5) is 22.0. The standard InChI is InChI=1S/C4H10N2.C4H5N.C4H4O4/c1-2-6-4-3-5-1;1-2-4-5-3-1;5-3(6)1-2-4(7)8/h5-6H,1-4H2;1-5H;1-2H,(H,5,6)(H,7,8)/b;;2-1-. The van der Waals surface area contributed by atoms with Gasteiger partial charge >= 0.3 is 11.9 Å². The molecular weight excluding hydrogens is 250 g/mol. The number of H-pyrrole nitrogens is 1. The molecule has 0 aromatic carbocycles. The van der Waals surface area contributed by atoms with Crippen LogP contribution in [0.15, 0.2) is 36.7 Å². The van der Waals surface area contributed by atoms with Gasteiger partial charge in [-0.2, -0.15) is 0 Å². The Hall–Kier alpha value is -2.12. The van der Waals surface area contributed by atoms with Gasteiger partial charge in [0.2, 0.25) is 0 Å². The molecule has 1 aliphatic heterocycles. The summed E-state index contributed by atoms with van der Waals surface area (Å²) < 4.78 is 0. The summed E-state index contributed by atoms with van der Waals surface area (Å²) in [6, 6.07) is 3.89. The molecule has 0 atom stereocenters. The average molecular weight is 269 g/mol. The van der Waals surface area contributed by atoms with E-state index >= 15 is 0 Å². The Labute approximate surface area is 111 Å². The molecule has 0 radical (unpaired) electrons. The molecule has 0 aliphatic carbocycles. The van der Waals surface area contributed by atoms with Crippen molar-refractivity contribution in [3.63, 3.8) is 0 Å². The monoisotopic (exact) mass is 269 g/mol. The summed E-state index contributed by atoms with van der Waals surface area (Å²) in [6.45, 7) is 4.56. The van der Waals surface area contributed by atoms with Gasteiger partial charge in [0.15, 0.2) is 0 Å². The molecule has 1 aromatic rings. The van der Waals surface area contributed by atoms with Crippen molar-refractivity contribution >= 4 is 11.9 Å². The van der Waals surface area contributed by atoms with Gasteiger partial charge in [-0.3, -0.25) is 0 Å². The fourth-order valence-corrected chi connectivity index (χ4v) is 1.02. The lowest BCUT2D eigenvalue weighted by molar-refractivity contribution is -0.134. The Morgan fingerprint density at radius 1 is 0.842 bits per heavy atom. The fourth-order valence-electron chi connectivity index (χ4n) is 1.02. The van der Waals surface area contributed by atoms with Gasteiger partial charge in [-0.1, -0.05) is 0 Å². The average Bonchev–Trinajstić information content (AvgIpc) is 2.98. The van der Waals surface area contributed by atoms with Crippen LogP contribution in [-0.4, -0.2) is 53.3 Å². The van der Waals surface area contributed by atoms with E-state index in [2.05, 4.69) is 15.6 Å². The molecule has 0 saturated carbocycles. The van der Waals surface area contributed by atoms with E-state index in [1.165, 1.54) is 0 Å². The Morgan fingerprint density at radius 3 is 1.37 bits per heavy atom. The van der Waals surface area contributed by atoms with Crippen LogP contribution in [0, 0.1) is 0 Å². The van der Waals surface area contributed by atoms with E-state index < -0.39 is 11.9 Å². The van der Waals surface area contributed by atoms with E-state index in [0.717, 1.165) is 26.2 Å². The Kier molecular flexibility index (Phi) is 11.0. The lowest BCUT2D eigenvalue weighted by Crippen LogP contribution is -2.39. The zero-order valence-electron chi connectivity index (χ0n) is 10.5. The van der Waals surface area contributed by atoms with Crippen LogP contribution < -0.4 is 10.6 Å². The van der Waals surface area contributed by atoms with E-state index in [9.17, 15) is 9.59 Å². The van der Waals surface area contributed by atoms with Gasteiger partial charge in [-0.15, -0.1) is 0 Å². The van der Waals surface area contributed by atoms with Crippen LogP contribution in [0.3, 0.4) is 0 Å². The number of hydrogen-bond acceptors (Lipinski definition) is 4. The van der Waals surface area contributed by atoms with Crippen LogP contribution in [-0.2, 0) is 9.59 Å². The summed E-state index contributed by atoms with van der Waals surface area (Å²) >= 11 is 0. The maximum atomic E-state index is 9.55. The smallest absolute Gasteiger partial charge is 0.328 e. The molecule has 1 aliphatic rings. The Morgan fingerprint density at radius 2 is 1.21 bits per heavy atom. The highest BCUT2D eigenvalue weighted by atomic mass is 16.4. The van der Waals surface area contributed by atoms with Gasteiger partial charge in [0.25, 0.3) is 0 Å². The third-order valence-electron chi connectivity index (χ3n) is 1.82. The van der Waals surface area contributed by atoms with Crippen molar-refractivity contribution in [3.8, 4) is 0 Å². The number of carboxylic acids is 2. The third kappa shape index (κ3) is 15.9. The first-order valence-electron chi connectivity index (χ1n) is 5.76. The number of carbonyl (C=O) groups is 2. The number of aliphatic carboxylic acids is 2. The first-order chi connectivity index (χ1) is 9.13. The van der Waals surface area contributed by atoms with E-state index in [1.54, 1.807) is 0 Å². The topological polar surface area (TPSA) is 114 Å². The van der Waals surface area contributed by atoms with Gasteiger partial charge in [-0.25, -0.2) is 9.59 Å². The molecule has 0 spiro atoms. The van der Waals surface area contributed by atoms with E-state index in [4.69, 9.17) is 10.2 Å². The van der Waals surface area contributed by atoms with Gasteiger partial charge < -0.3 is 25.8 Å². The fraction of sp³-hybridized carbons (Fsp3) is 0.333. The van der Waals surface area contributed by atoms with Gasteiger partial charge in [0.1, 0.15) is 0 Å². The molecule has 1 fully saturated rings. The highest BCUT2D eigenvalue weighted by Gasteiger charge is 1.91. The van der Waals surface area contributed by atoms with Crippen LogP contribution in [0.1, 0.15) is 0 Å². The molecule has 106 valence electrons.